The molecular weight excluding hydrogens is 325 g/mol. The van der Waals surface area contributed by atoms with Gasteiger partial charge in [0.1, 0.15) is 11.1 Å². The highest BCUT2D eigenvalue weighted by Gasteiger charge is 2.36. The summed E-state index contributed by atoms with van der Waals surface area (Å²) in [5.74, 6) is -2.85. The van der Waals surface area contributed by atoms with Crippen LogP contribution in [0.5, 0.6) is 0 Å². The number of hydrogen-bond donors (Lipinski definition) is 1. The highest BCUT2D eigenvalue weighted by molar-refractivity contribution is 7.92. The molecule has 0 spiro atoms. The first kappa shape index (κ1) is 17.4. The highest BCUT2D eigenvalue weighted by atomic mass is 32.2. The zero-order valence-electron chi connectivity index (χ0n) is 12.6. The molecule has 1 saturated heterocycles. The van der Waals surface area contributed by atoms with Gasteiger partial charge in [0.15, 0.2) is 9.84 Å². The fraction of sp³-hybridized carbons (Fsp3) is 0.467. The van der Waals surface area contributed by atoms with E-state index in [1.807, 2.05) is 0 Å². The molecule has 2 atom stereocenters. The minimum Gasteiger partial charge on any atom is -0.481 e. The van der Waals surface area contributed by atoms with E-state index in [1.54, 1.807) is 0 Å². The summed E-state index contributed by atoms with van der Waals surface area (Å²) in [5.41, 5.74) is 0. The molecule has 0 bridgehead atoms. The predicted molar refractivity (Wildman–Crippen MR) is 80.0 cm³/mol. The molecule has 23 heavy (non-hydrogen) atoms. The number of nitrogens with zero attached hydrogens (tertiary/aromatic N) is 1. The normalized spacial score (nSPS) is 20.1. The molecule has 1 amide bonds. The van der Waals surface area contributed by atoms with Crippen LogP contribution in [0.15, 0.2) is 29.2 Å². The number of sulfone groups is 1. The van der Waals surface area contributed by atoms with Gasteiger partial charge in [0.05, 0.1) is 10.8 Å². The lowest BCUT2D eigenvalue weighted by Gasteiger charge is -2.32. The highest BCUT2D eigenvalue weighted by Crippen LogP contribution is 2.22. The second-order valence-corrected chi connectivity index (χ2v) is 7.87. The molecule has 1 fully saturated rings. The lowest BCUT2D eigenvalue weighted by molar-refractivity contribution is -0.145. The number of aliphatic carboxylic acids is 1. The van der Waals surface area contributed by atoms with Crippen molar-refractivity contribution in [3.8, 4) is 0 Å². The van der Waals surface area contributed by atoms with Gasteiger partial charge in [-0.1, -0.05) is 0 Å². The summed E-state index contributed by atoms with van der Waals surface area (Å²) in [5, 5.41) is 7.70. The maximum Gasteiger partial charge on any atom is 0.308 e. The third kappa shape index (κ3) is 3.69. The second kappa shape index (κ2) is 6.66. The number of halogens is 1. The zero-order chi connectivity index (χ0) is 17.2. The molecule has 1 aromatic rings. The first-order valence-electron chi connectivity index (χ1n) is 7.24. The van der Waals surface area contributed by atoms with E-state index in [0.29, 0.717) is 19.4 Å². The van der Waals surface area contributed by atoms with Crippen LogP contribution in [0.2, 0.25) is 0 Å². The van der Waals surface area contributed by atoms with Crippen LogP contribution in [-0.2, 0) is 19.4 Å². The Bertz CT molecular complexity index is 701. The lowest BCUT2D eigenvalue weighted by Crippen LogP contribution is -2.47. The number of rotatable bonds is 4. The maximum atomic E-state index is 12.9. The number of piperidine rings is 1. The summed E-state index contributed by atoms with van der Waals surface area (Å²) in [7, 11) is -3.95. The summed E-state index contributed by atoms with van der Waals surface area (Å²) in [6, 6.07) is 4.27. The number of carboxylic acid groups (broad SMARTS) is 1. The fourth-order valence-electron chi connectivity index (χ4n) is 2.60. The maximum absolute atomic E-state index is 12.9. The van der Waals surface area contributed by atoms with Gasteiger partial charge in [-0.05, 0) is 44.0 Å². The van der Waals surface area contributed by atoms with Crippen LogP contribution in [0.3, 0.4) is 0 Å². The number of amides is 1. The molecule has 0 aliphatic carbocycles. The van der Waals surface area contributed by atoms with Crippen LogP contribution in [-0.4, -0.2) is 48.6 Å². The Balaban J connectivity index is 2.18. The Morgan fingerprint density at radius 2 is 1.91 bits per heavy atom. The van der Waals surface area contributed by atoms with E-state index >= 15 is 0 Å². The van der Waals surface area contributed by atoms with Crippen molar-refractivity contribution in [1.29, 1.82) is 0 Å². The molecule has 0 unspecified atom stereocenters. The van der Waals surface area contributed by atoms with Crippen LogP contribution in [0, 0.1) is 11.7 Å². The van der Waals surface area contributed by atoms with Gasteiger partial charge in [-0.15, -0.1) is 0 Å². The molecule has 1 aliphatic heterocycles. The lowest BCUT2D eigenvalue weighted by atomic mass is 9.98. The van der Waals surface area contributed by atoms with Crippen molar-refractivity contribution in [3.05, 3.63) is 30.1 Å². The summed E-state index contributed by atoms with van der Waals surface area (Å²) in [4.78, 5) is 24.6. The van der Waals surface area contributed by atoms with Gasteiger partial charge in [-0.25, -0.2) is 12.8 Å². The quantitative estimate of drug-likeness (QED) is 0.832. The summed E-state index contributed by atoms with van der Waals surface area (Å²) >= 11 is 0. The van der Waals surface area contributed by atoms with Crippen molar-refractivity contribution in [2.45, 2.75) is 29.9 Å². The Hall–Kier alpha value is -1.96. The van der Waals surface area contributed by atoms with E-state index in [4.69, 9.17) is 5.11 Å². The fourth-order valence-corrected chi connectivity index (χ4v) is 3.94. The number of carbonyl (C=O) groups excluding carboxylic acids is 1. The smallest absolute Gasteiger partial charge is 0.308 e. The summed E-state index contributed by atoms with van der Waals surface area (Å²) in [6.45, 7) is 1.62. The van der Waals surface area contributed by atoms with E-state index in [2.05, 4.69) is 0 Å². The van der Waals surface area contributed by atoms with E-state index in [1.165, 1.54) is 11.8 Å². The molecule has 1 aliphatic rings. The van der Waals surface area contributed by atoms with Crippen molar-refractivity contribution >= 4 is 21.7 Å². The Morgan fingerprint density at radius 1 is 1.30 bits per heavy atom. The van der Waals surface area contributed by atoms with Crippen molar-refractivity contribution in [2.75, 3.05) is 13.1 Å². The first-order valence-corrected chi connectivity index (χ1v) is 8.79. The second-order valence-electron chi connectivity index (χ2n) is 5.60. The van der Waals surface area contributed by atoms with Gasteiger partial charge in [-0.2, -0.15) is 0 Å². The van der Waals surface area contributed by atoms with Gasteiger partial charge in [0.25, 0.3) is 0 Å². The van der Waals surface area contributed by atoms with Gasteiger partial charge < -0.3 is 10.0 Å². The predicted octanol–water partition coefficient (Wildman–Crippen LogP) is 1.31. The third-order valence-electron chi connectivity index (χ3n) is 4.04. The molecule has 1 aromatic carbocycles. The SMILES string of the molecule is C[C@H](C(=O)N1CCC[C@H](C(=O)O)C1)S(=O)(=O)c1ccc(F)cc1. The Morgan fingerprint density at radius 3 is 2.48 bits per heavy atom. The molecule has 0 radical (unpaired) electrons. The number of benzene rings is 1. The van der Waals surface area contributed by atoms with Gasteiger partial charge >= 0.3 is 5.97 Å². The molecule has 6 nitrogen and oxygen atoms in total. The number of likely N-dealkylation sites (tertiary alicyclic amines) is 1. The third-order valence-corrected chi connectivity index (χ3v) is 6.10. The average molecular weight is 343 g/mol. The molecular formula is C15H18FNO5S. The van der Waals surface area contributed by atoms with E-state index in [-0.39, 0.29) is 11.4 Å². The van der Waals surface area contributed by atoms with Crippen LogP contribution in [0.4, 0.5) is 4.39 Å². The topological polar surface area (TPSA) is 91.8 Å². The van der Waals surface area contributed by atoms with Gasteiger partial charge in [0, 0.05) is 13.1 Å². The van der Waals surface area contributed by atoms with Crippen LogP contribution in [0.1, 0.15) is 19.8 Å². The standard InChI is InChI=1S/C15H18FNO5S/c1-10(23(21,22)13-6-4-12(16)5-7-13)14(18)17-8-2-3-11(9-17)15(19)20/h4-7,10-11H,2-3,8-9H2,1H3,(H,19,20)/t10-,11+/m1/s1. The molecule has 1 N–H and O–H groups in total. The van der Waals surface area contributed by atoms with E-state index in [9.17, 15) is 22.4 Å². The van der Waals surface area contributed by atoms with Crippen molar-refractivity contribution in [2.24, 2.45) is 5.92 Å². The van der Waals surface area contributed by atoms with E-state index in [0.717, 1.165) is 24.3 Å². The van der Waals surface area contributed by atoms with Crippen molar-refractivity contribution < 1.29 is 27.5 Å². The Kier molecular flexibility index (Phi) is 5.03. The van der Waals surface area contributed by atoms with Gasteiger partial charge in [-0.3, -0.25) is 9.59 Å². The molecule has 2 rings (SSSR count). The monoisotopic (exact) mass is 343 g/mol. The summed E-state index contributed by atoms with van der Waals surface area (Å²) in [6.07, 6.45) is 0.990. The van der Waals surface area contributed by atoms with Crippen molar-refractivity contribution in [3.63, 3.8) is 0 Å². The molecule has 1 heterocycles. The van der Waals surface area contributed by atoms with Crippen LogP contribution in [0.25, 0.3) is 0 Å². The number of carbonyl (C=O) groups is 2. The summed E-state index contributed by atoms with van der Waals surface area (Å²) < 4.78 is 37.8. The molecule has 0 aromatic heterocycles. The number of carboxylic acids is 1. The minimum atomic E-state index is -3.95. The Labute approximate surface area is 133 Å². The van der Waals surface area contributed by atoms with Gasteiger partial charge in [0.2, 0.25) is 5.91 Å². The average Bonchev–Trinajstić information content (AvgIpc) is 2.54. The molecule has 8 heteroatoms. The largest absolute Gasteiger partial charge is 0.481 e. The minimum absolute atomic E-state index is 0.0114. The van der Waals surface area contributed by atoms with Crippen molar-refractivity contribution in [1.82, 2.24) is 4.90 Å². The van der Waals surface area contributed by atoms with Crippen LogP contribution < -0.4 is 0 Å². The zero-order valence-corrected chi connectivity index (χ0v) is 13.4. The number of hydrogen-bond acceptors (Lipinski definition) is 4. The molecule has 0 saturated carbocycles. The van der Waals surface area contributed by atoms with Crippen LogP contribution >= 0.6 is 0 Å². The van der Waals surface area contributed by atoms with E-state index < -0.39 is 38.7 Å². The molecule has 126 valence electrons. The first-order chi connectivity index (χ1) is 10.7.